The minimum atomic E-state index is -0.401. The van der Waals surface area contributed by atoms with E-state index in [9.17, 15) is 19.2 Å². The van der Waals surface area contributed by atoms with Gasteiger partial charge in [-0.25, -0.2) is 4.79 Å². The lowest BCUT2D eigenvalue weighted by Gasteiger charge is -2.17. The van der Waals surface area contributed by atoms with E-state index in [1.54, 1.807) is 24.3 Å². The van der Waals surface area contributed by atoms with Crippen LogP contribution in [0, 0.1) is 29.6 Å². The molecule has 3 aliphatic rings. The van der Waals surface area contributed by atoms with Crippen LogP contribution in [-0.4, -0.2) is 41.7 Å². The maximum atomic E-state index is 12.7. The summed E-state index contributed by atoms with van der Waals surface area (Å²) in [6.07, 6.45) is 5.03. The van der Waals surface area contributed by atoms with Crippen molar-refractivity contribution in [3.05, 3.63) is 42.0 Å². The predicted molar refractivity (Wildman–Crippen MR) is 109 cm³/mol. The maximum Gasteiger partial charge on any atom is 0.338 e. The number of carbonyl (C=O) groups excluding carboxylic acids is 4. The van der Waals surface area contributed by atoms with Gasteiger partial charge in [0.2, 0.25) is 17.7 Å². The minimum Gasteiger partial charge on any atom is -0.462 e. The zero-order valence-electron chi connectivity index (χ0n) is 17.2. The van der Waals surface area contributed by atoms with Crippen molar-refractivity contribution < 1.29 is 23.9 Å². The van der Waals surface area contributed by atoms with Gasteiger partial charge in [-0.3, -0.25) is 19.3 Å². The van der Waals surface area contributed by atoms with Gasteiger partial charge in [-0.15, -0.1) is 0 Å². The number of amides is 3. The third-order valence-corrected chi connectivity index (χ3v) is 6.08. The number of imide groups is 1. The van der Waals surface area contributed by atoms with E-state index >= 15 is 0 Å². The highest BCUT2D eigenvalue weighted by molar-refractivity contribution is 6.06. The zero-order valence-corrected chi connectivity index (χ0v) is 17.2. The normalized spacial score (nSPS) is 26.4. The predicted octanol–water partition coefficient (Wildman–Crippen LogP) is 2.64. The van der Waals surface area contributed by atoms with Gasteiger partial charge in [0.1, 0.15) is 0 Å². The second kappa shape index (κ2) is 8.05. The molecule has 0 unspecified atom stereocenters. The lowest BCUT2D eigenvalue weighted by molar-refractivity contribution is -0.140. The molecule has 4 rings (SSSR count). The molecule has 1 saturated heterocycles. The fraction of sp³-hybridized carbons (Fsp3) is 0.478. The van der Waals surface area contributed by atoms with Gasteiger partial charge in [0.05, 0.1) is 24.0 Å². The molecule has 7 heteroatoms. The Morgan fingerprint density at radius 1 is 1.07 bits per heavy atom. The summed E-state index contributed by atoms with van der Waals surface area (Å²) in [4.78, 5) is 50.8. The van der Waals surface area contributed by atoms with Crippen LogP contribution in [0.15, 0.2) is 36.4 Å². The second-order valence-corrected chi connectivity index (χ2v) is 8.70. The first-order chi connectivity index (χ1) is 14.3. The highest BCUT2D eigenvalue weighted by Crippen LogP contribution is 2.52. The Balaban J connectivity index is 1.28. The SMILES string of the molecule is CC(C)COC(=O)c1ccc(NC(=O)CCN2C(=O)[C@H]3[C@H](C2=O)[C@H]2C=C[C@H]3C2)cc1. The van der Waals surface area contributed by atoms with Gasteiger partial charge < -0.3 is 10.1 Å². The number of esters is 1. The molecule has 1 saturated carbocycles. The number of nitrogens with one attached hydrogen (secondary N) is 1. The van der Waals surface area contributed by atoms with E-state index in [2.05, 4.69) is 17.5 Å². The average molecular weight is 410 g/mol. The standard InChI is InChI=1S/C23H26N2O5/c1-13(2)12-30-23(29)14-5-7-17(8-6-14)24-18(26)9-10-25-21(27)19-15-3-4-16(11-15)20(19)22(25)28/h3-8,13,15-16,19-20H,9-12H2,1-2H3,(H,24,26)/t15-,16-,19+,20+/m0/s1. The Morgan fingerprint density at radius 3 is 2.23 bits per heavy atom. The van der Waals surface area contributed by atoms with Crippen LogP contribution in [0.25, 0.3) is 0 Å². The molecule has 30 heavy (non-hydrogen) atoms. The lowest BCUT2D eigenvalue weighted by atomic mass is 9.85. The van der Waals surface area contributed by atoms with Crippen molar-refractivity contribution in [2.24, 2.45) is 29.6 Å². The summed E-state index contributed by atoms with van der Waals surface area (Å²) in [6, 6.07) is 6.44. The van der Waals surface area contributed by atoms with Gasteiger partial charge in [0.25, 0.3) is 0 Å². The molecule has 2 fully saturated rings. The van der Waals surface area contributed by atoms with Crippen molar-refractivity contribution in [2.45, 2.75) is 26.7 Å². The van der Waals surface area contributed by atoms with Crippen LogP contribution in [0.5, 0.6) is 0 Å². The number of likely N-dealkylation sites (tertiary alicyclic amines) is 1. The highest BCUT2D eigenvalue weighted by Gasteiger charge is 2.59. The Morgan fingerprint density at radius 2 is 1.67 bits per heavy atom. The monoisotopic (exact) mass is 410 g/mol. The molecule has 0 aromatic heterocycles. The van der Waals surface area contributed by atoms with Crippen molar-refractivity contribution >= 4 is 29.4 Å². The molecule has 158 valence electrons. The molecular formula is C23H26N2O5. The number of benzene rings is 1. The van der Waals surface area contributed by atoms with E-state index in [0.29, 0.717) is 17.9 Å². The summed E-state index contributed by atoms with van der Waals surface area (Å²) in [5.41, 5.74) is 0.954. The molecule has 0 spiro atoms. The third-order valence-electron chi connectivity index (χ3n) is 6.08. The quantitative estimate of drug-likeness (QED) is 0.424. The number of rotatable bonds is 7. The molecule has 1 heterocycles. The van der Waals surface area contributed by atoms with Gasteiger partial charge in [-0.1, -0.05) is 26.0 Å². The number of fused-ring (bicyclic) bond motifs is 5. The molecule has 4 atom stereocenters. The zero-order chi connectivity index (χ0) is 21.4. The summed E-state index contributed by atoms with van der Waals surface area (Å²) in [5, 5.41) is 2.74. The van der Waals surface area contributed by atoms with Crippen LogP contribution in [0.3, 0.4) is 0 Å². The molecule has 1 N–H and O–H groups in total. The van der Waals surface area contributed by atoms with Crippen molar-refractivity contribution in [3.8, 4) is 0 Å². The fourth-order valence-electron chi connectivity index (χ4n) is 4.64. The number of allylic oxidation sites excluding steroid dienone is 2. The molecule has 2 aliphatic carbocycles. The van der Waals surface area contributed by atoms with E-state index in [1.807, 2.05) is 13.8 Å². The van der Waals surface area contributed by atoms with E-state index < -0.39 is 5.97 Å². The number of carbonyl (C=O) groups is 4. The average Bonchev–Trinajstić information content (AvgIpc) is 3.39. The van der Waals surface area contributed by atoms with E-state index in [-0.39, 0.29) is 60.3 Å². The Hall–Kier alpha value is -2.96. The van der Waals surface area contributed by atoms with Gasteiger partial charge in [-0.05, 0) is 48.4 Å². The van der Waals surface area contributed by atoms with Crippen LogP contribution in [0.2, 0.25) is 0 Å². The highest BCUT2D eigenvalue weighted by atomic mass is 16.5. The van der Waals surface area contributed by atoms with Crippen LogP contribution in [-0.2, 0) is 19.1 Å². The summed E-state index contributed by atoms with van der Waals surface area (Å²) >= 11 is 0. The van der Waals surface area contributed by atoms with Gasteiger partial charge >= 0.3 is 5.97 Å². The Kier molecular flexibility index (Phi) is 5.45. The van der Waals surface area contributed by atoms with Crippen molar-refractivity contribution in [1.29, 1.82) is 0 Å². The smallest absolute Gasteiger partial charge is 0.338 e. The van der Waals surface area contributed by atoms with Crippen molar-refractivity contribution in [3.63, 3.8) is 0 Å². The number of anilines is 1. The largest absolute Gasteiger partial charge is 0.462 e. The first kappa shape index (κ1) is 20.3. The first-order valence-corrected chi connectivity index (χ1v) is 10.5. The molecule has 3 amide bonds. The third kappa shape index (κ3) is 3.76. The number of hydrogen-bond donors (Lipinski definition) is 1. The summed E-state index contributed by atoms with van der Waals surface area (Å²) < 4.78 is 5.18. The van der Waals surface area contributed by atoms with Gasteiger partial charge in [0, 0.05) is 18.7 Å². The summed E-state index contributed by atoms with van der Waals surface area (Å²) in [7, 11) is 0. The van der Waals surface area contributed by atoms with Crippen LogP contribution < -0.4 is 5.32 Å². The van der Waals surface area contributed by atoms with E-state index in [4.69, 9.17) is 4.74 Å². The van der Waals surface area contributed by atoms with E-state index in [0.717, 1.165) is 6.42 Å². The minimum absolute atomic E-state index is 0.0395. The number of nitrogens with zero attached hydrogens (tertiary/aromatic N) is 1. The molecule has 0 radical (unpaired) electrons. The molecule has 1 aliphatic heterocycles. The number of hydrogen-bond acceptors (Lipinski definition) is 5. The van der Waals surface area contributed by atoms with Gasteiger partial charge in [0.15, 0.2) is 0 Å². The molecular weight excluding hydrogens is 384 g/mol. The lowest BCUT2D eigenvalue weighted by Crippen LogP contribution is -2.35. The van der Waals surface area contributed by atoms with E-state index in [1.165, 1.54) is 4.90 Å². The van der Waals surface area contributed by atoms with Crippen molar-refractivity contribution in [2.75, 3.05) is 18.5 Å². The van der Waals surface area contributed by atoms with Crippen LogP contribution in [0.1, 0.15) is 37.0 Å². The molecule has 7 nitrogen and oxygen atoms in total. The first-order valence-electron chi connectivity index (χ1n) is 10.5. The molecule has 1 aromatic rings. The number of ether oxygens (including phenoxy) is 1. The summed E-state index contributed by atoms with van der Waals surface area (Å²) in [6.45, 7) is 4.37. The van der Waals surface area contributed by atoms with Crippen molar-refractivity contribution in [1.82, 2.24) is 4.90 Å². The molecule has 1 aromatic carbocycles. The van der Waals surface area contributed by atoms with Crippen LogP contribution >= 0.6 is 0 Å². The second-order valence-electron chi connectivity index (χ2n) is 8.70. The van der Waals surface area contributed by atoms with Crippen LogP contribution in [0.4, 0.5) is 5.69 Å². The maximum absolute atomic E-state index is 12.7. The molecule has 2 bridgehead atoms. The Bertz CT molecular complexity index is 875. The fourth-order valence-corrected chi connectivity index (χ4v) is 4.64. The summed E-state index contributed by atoms with van der Waals surface area (Å²) in [5.74, 6) is -0.851. The van der Waals surface area contributed by atoms with Gasteiger partial charge in [-0.2, -0.15) is 0 Å². The Labute approximate surface area is 175 Å². The topological polar surface area (TPSA) is 92.8 Å².